The molecule has 2 N–H and O–H groups in total. The van der Waals surface area contributed by atoms with Gasteiger partial charge in [0.05, 0.1) is 29.8 Å². The molecule has 0 aliphatic rings. The quantitative estimate of drug-likeness (QED) is 0.509. The van der Waals surface area contributed by atoms with Gasteiger partial charge in [-0.05, 0) is 45.4 Å². The first-order valence-corrected chi connectivity index (χ1v) is 13.4. The molecule has 2 aromatic rings. The van der Waals surface area contributed by atoms with Gasteiger partial charge in [-0.3, -0.25) is 4.18 Å². The van der Waals surface area contributed by atoms with E-state index in [0.717, 1.165) is 11.8 Å². The molecule has 2 rings (SSSR count). The van der Waals surface area contributed by atoms with E-state index in [4.69, 9.17) is 8.92 Å². The monoisotopic (exact) mass is 498 g/mol. The topological polar surface area (TPSA) is 128 Å². The van der Waals surface area contributed by atoms with Crippen LogP contribution in [0.4, 0.5) is 4.79 Å². The van der Waals surface area contributed by atoms with Gasteiger partial charge in [0.25, 0.3) is 10.1 Å². The van der Waals surface area contributed by atoms with E-state index in [-0.39, 0.29) is 4.90 Å². The van der Waals surface area contributed by atoms with Crippen molar-refractivity contribution in [2.24, 2.45) is 0 Å². The summed E-state index contributed by atoms with van der Waals surface area (Å²) in [6.07, 6.45) is 0.122. The molecule has 2 atom stereocenters. The van der Waals surface area contributed by atoms with Gasteiger partial charge < -0.3 is 10.1 Å². The van der Waals surface area contributed by atoms with Crippen molar-refractivity contribution in [3.8, 4) is 0 Å². The summed E-state index contributed by atoms with van der Waals surface area (Å²) in [7, 11) is -7.92. The van der Waals surface area contributed by atoms with E-state index < -0.39 is 50.5 Å². The summed E-state index contributed by atoms with van der Waals surface area (Å²) in [5.41, 5.74) is 0.552. The summed E-state index contributed by atoms with van der Waals surface area (Å²) >= 11 is 0. The number of amides is 1. The van der Waals surface area contributed by atoms with E-state index in [0.29, 0.717) is 5.56 Å². The summed E-state index contributed by atoms with van der Waals surface area (Å²) in [6, 6.07) is 12.4. The molecule has 0 heterocycles. The number of benzene rings is 2. The summed E-state index contributed by atoms with van der Waals surface area (Å²) in [6.45, 7) is 6.28. The van der Waals surface area contributed by atoms with Gasteiger partial charge in [-0.25, -0.2) is 17.9 Å². The summed E-state index contributed by atoms with van der Waals surface area (Å²) in [5.74, 6) is 0. The van der Waals surface area contributed by atoms with E-state index in [1.54, 1.807) is 63.2 Å². The molecule has 1 amide bonds. The van der Waals surface area contributed by atoms with Crippen LogP contribution in [0.3, 0.4) is 0 Å². The van der Waals surface area contributed by atoms with Gasteiger partial charge in [-0.1, -0.05) is 48.0 Å². The minimum absolute atomic E-state index is 0.0588. The van der Waals surface area contributed by atoms with E-state index in [2.05, 4.69) is 10.0 Å². The molecule has 0 fully saturated rings. The third kappa shape index (κ3) is 9.12. The zero-order valence-corrected chi connectivity index (χ0v) is 20.9. The van der Waals surface area contributed by atoms with Crippen LogP contribution in [0.25, 0.3) is 0 Å². The number of sulfonamides is 1. The lowest BCUT2D eigenvalue weighted by atomic mass is 10.0. The summed E-state index contributed by atoms with van der Waals surface area (Å²) in [5, 5.41) is 2.55. The molecule has 0 aliphatic heterocycles. The molecule has 0 radical (unpaired) electrons. The third-order valence-electron chi connectivity index (χ3n) is 4.32. The Morgan fingerprint density at radius 2 is 1.55 bits per heavy atom. The molecule has 9 nitrogen and oxygen atoms in total. The zero-order chi connectivity index (χ0) is 24.9. The smallest absolute Gasteiger partial charge is 0.408 e. The lowest BCUT2D eigenvalue weighted by molar-refractivity contribution is 0.0475. The van der Waals surface area contributed by atoms with Gasteiger partial charge in [0, 0.05) is 0 Å². The highest BCUT2D eigenvalue weighted by Crippen LogP contribution is 2.21. The Hall–Kier alpha value is -2.47. The Morgan fingerprint density at radius 3 is 2.06 bits per heavy atom. The number of carbonyl (C=O) groups is 1. The minimum Gasteiger partial charge on any atom is -0.444 e. The molecule has 0 aliphatic carbocycles. The molecular weight excluding hydrogens is 468 g/mol. The summed E-state index contributed by atoms with van der Waals surface area (Å²) < 4.78 is 62.5. The highest BCUT2D eigenvalue weighted by atomic mass is 32.2. The highest BCUT2D eigenvalue weighted by Gasteiger charge is 2.31. The van der Waals surface area contributed by atoms with Crippen molar-refractivity contribution in [1.29, 1.82) is 0 Å². The van der Waals surface area contributed by atoms with Crippen LogP contribution < -0.4 is 10.0 Å². The van der Waals surface area contributed by atoms with Crippen LogP contribution >= 0.6 is 0 Å². The molecule has 0 bridgehead atoms. The van der Waals surface area contributed by atoms with Crippen LogP contribution in [0.1, 0.15) is 37.9 Å². The van der Waals surface area contributed by atoms with Gasteiger partial charge in [-0.15, -0.1) is 0 Å². The first-order valence-electron chi connectivity index (χ1n) is 10.1. The predicted octanol–water partition coefficient (Wildman–Crippen LogP) is 2.88. The maximum absolute atomic E-state index is 12.7. The average molecular weight is 499 g/mol. The molecule has 2 aromatic carbocycles. The fraction of sp³-hybridized carbons (Fsp3) is 0.409. The van der Waals surface area contributed by atoms with Crippen LogP contribution in [-0.4, -0.2) is 47.4 Å². The second-order valence-corrected chi connectivity index (χ2v) is 12.0. The highest BCUT2D eigenvalue weighted by molar-refractivity contribution is 7.88. The fourth-order valence-corrected chi connectivity index (χ4v) is 4.58. The van der Waals surface area contributed by atoms with Crippen LogP contribution in [0.15, 0.2) is 59.5 Å². The van der Waals surface area contributed by atoms with E-state index >= 15 is 0 Å². The van der Waals surface area contributed by atoms with Gasteiger partial charge in [0.1, 0.15) is 5.60 Å². The Kier molecular flexibility index (Phi) is 8.63. The average Bonchev–Trinajstić information content (AvgIpc) is 2.68. The number of carbonyl (C=O) groups excluding carboxylic acids is 1. The fourth-order valence-electron chi connectivity index (χ4n) is 2.89. The van der Waals surface area contributed by atoms with Crippen molar-refractivity contribution in [2.75, 3.05) is 12.9 Å². The first-order chi connectivity index (χ1) is 15.2. The van der Waals surface area contributed by atoms with Gasteiger partial charge >= 0.3 is 6.09 Å². The number of ether oxygens (including phenoxy) is 1. The van der Waals surface area contributed by atoms with Crippen molar-refractivity contribution >= 4 is 26.2 Å². The van der Waals surface area contributed by atoms with E-state index in [9.17, 15) is 21.6 Å². The second kappa shape index (κ2) is 10.6. The molecule has 0 saturated carbocycles. The maximum atomic E-state index is 12.7. The number of alkyl carbamates (subject to hydrolysis) is 1. The first kappa shape index (κ1) is 26.8. The van der Waals surface area contributed by atoms with Crippen LogP contribution in [0.2, 0.25) is 0 Å². The van der Waals surface area contributed by atoms with Crippen molar-refractivity contribution in [3.05, 3.63) is 65.7 Å². The van der Waals surface area contributed by atoms with E-state index in [1.165, 1.54) is 12.1 Å². The van der Waals surface area contributed by atoms with Crippen molar-refractivity contribution in [1.82, 2.24) is 10.0 Å². The number of aryl methyl sites for hydroxylation is 1. The van der Waals surface area contributed by atoms with Gasteiger partial charge in [0.2, 0.25) is 10.0 Å². The second-order valence-electron chi connectivity index (χ2n) is 8.58. The van der Waals surface area contributed by atoms with Gasteiger partial charge in [0.15, 0.2) is 0 Å². The lowest BCUT2D eigenvalue weighted by Gasteiger charge is -2.29. The minimum atomic E-state index is -4.17. The number of hydrogen-bond acceptors (Lipinski definition) is 7. The molecular formula is C22H30N2O7S2. The third-order valence-corrected chi connectivity index (χ3v) is 6.29. The number of hydrogen-bond donors (Lipinski definition) is 2. The largest absolute Gasteiger partial charge is 0.444 e. The molecule has 0 unspecified atom stereocenters. The predicted molar refractivity (Wildman–Crippen MR) is 125 cm³/mol. The SMILES string of the molecule is Cc1ccc(S(=O)(=O)OC[C@@H](NC(=O)OC(C)(C)C)[C@@H](NS(C)(=O)=O)c2ccccc2)cc1. The normalized spacial score (nSPS) is 14.3. The molecule has 182 valence electrons. The van der Waals surface area contributed by atoms with Crippen LogP contribution in [0, 0.1) is 6.92 Å². The van der Waals surface area contributed by atoms with Crippen molar-refractivity contribution in [3.63, 3.8) is 0 Å². The molecule has 0 spiro atoms. The van der Waals surface area contributed by atoms with Gasteiger partial charge in [-0.2, -0.15) is 8.42 Å². The van der Waals surface area contributed by atoms with Crippen LogP contribution in [-0.2, 0) is 29.1 Å². The molecule has 0 aromatic heterocycles. The standard InChI is InChI=1S/C22H30N2O7S2/c1-16-11-13-18(14-12-16)33(28,29)30-15-19(23-21(25)31-22(2,3)4)20(24-32(5,26)27)17-9-7-6-8-10-17/h6-14,19-20,24H,15H2,1-5H3,(H,23,25)/t19-,20+/m1/s1. The molecule has 33 heavy (non-hydrogen) atoms. The van der Waals surface area contributed by atoms with Crippen molar-refractivity contribution in [2.45, 2.75) is 50.3 Å². The lowest BCUT2D eigenvalue weighted by Crippen LogP contribution is -2.50. The van der Waals surface area contributed by atoms with Crippen LogP contribution in [0.5, 0.6) is 0 Å². The summed E-state index contributed by atoms with van der Waals surface area (Å²) in [4.78, 5) is 12.4. The number of rotatable bonds is 9. The van der Waals surface area contributed by atoms with E-state index in [1.807, 2.05) is 6.92 Å². The maximum Gasteiger partial charge on any atom is 0.408 e. The Morgan fingerprint density at radius 1 is 0.970 bits per heavy atom. The molecule has 11 heteroatoms. The Bertz CT molecular complexity index is 1140. The zero-order valence-electron chi connectivity index (χ0n) is 19.2. The molecule has 0 saturated heterocycles. The Balaban J connectivity index is 2.38. The number of nitrogens with one attached hydrogen (secondary N) is 2. The Labute approximate surface area is 195 Å². The van der Waals surface area contributed by atoms with Crippen molar-refractivity contribution < 1.29 is 30.6 Å².